The van der Waals surface area contributed by atoms with Crippen molar-refractivity contribution < 1.29 is 9.47 Å². The number of ether oxygens (including phenoxy) is 2. The van der Waals surface area contributed by atoms with Gasteiger partial charge in [-0.15, -0.1) is 0 Å². The summed E-state index contributed by atoms with van der Waals surface area (Å²) in [6.45, 7) is 3.74. The Morgan fingerprint density at radius 2 is 2.19 bits per heavy atom. The lowest BCUT2D eigenvalue weighted by Gasteiger charge is -2.23. The minimum atomic E-state index is 0.290. The first kappa shape index (κ1) is 11.5. The molecule has 1 unspecified atom stereocenters. The Morgan fingerprint density at radius 1 is 1.31 bits per heavy atom. The van der Waals surface area contributed by atoms with E-state index in [0.29, 0.717) is 12.7 Å². The van der Waals surface area contributed by atoms with E-state index in [-0.39, 0.29) is 0 Å². The van der Waals surface area contributed by atoms with E-state index in [0.717, 1.165) is 25.2 Å². The second-order valence-electron chi connectivity index (χ2n) is 4.26. The first-order valence-corrected chi connectivity index (χ1v) is 6.22. The molecule has 1 aromatic carbocycles. The fourth-order valence-electron chi connectivity index (χ4n) is 2.06. The Balaban J connectivity index is 1.88. The Kier molecular flexibility index (Phi) is 4.23. The maximum atomic E-state index is 5.84. The fourth-order valence-corrected chi connectivity index (χ4v) is 2.06. The Morgan fingerprint density at radius 3 is 2.94 bits per heavy atom. The maximum Gasteiger partial charge on any atom is 0.122 e. The average Bonchev–Trinajstić information content (AvgIpc) is 2.38. The van der Waals surface area contributed by atoms with Crippen LogP contribution in [0.15, 0.2) is 24.3 Å². The number of hydrogen-bond donors (Lipinski definition) is 0. The van der Waals surface area contributed by atoms with Crippen LogP contribution in [0.25, 0.3) is 0 Å². The Labute approximate surface area is 97.6 Å². The topological polar surface area (TPSA) is 18.5 Å². The van der Waals surface area contributed by atoms with Crippen molar-refractivity contribution >= 4 is 0 Å². The highest BCUT2D eigenvalue weighted by Gasteiger charge is 2.14. The van der Waals surface area contributed by atoms with Gasteiger partial charge in [0.15, 0.2) is 0 Å². The molecule has 1 aliphatic heterocycles. The highest BCUT2D eigenvalue weighted by Crippen LogP contribution is 2.20. The van der Waals surface area contributed by atoms with Crippen molar-refractivity contribution in [2.45, 2.75) is 38.7 Å². The van der Waals surface area contributed by atoms with Crippen LogP contribution in [0.1, 0.15) is 31.7 Å². The van der Waals surface area contributed by atoms with Crippen molar-refractivity contribution in [3.63, 3.8) is 0 Å². The summed E-state index contributed by atoms with van der Waals surface area (Å²) in [5.41, 5.74) is 1.28. The number of hydrogen-bond acceptors (Lipinski definition) is 2. The SMILES string of the molecule is CCc1ccccc1OCC1CCCCO1. The molecular formula is C14H20O2. The van der Waals surface area contributed by atoms with Crippen molar-refractivity contribution in [3.05, 3.63) is 29.8 Å². The van der Waals surface area contributed by atoms with Gasteiger partial charge in [0.25, 0.3) is 0 Å². The zero-order chi connectivity index (χ0) is 11.2. The largest absolute Gasteiger partial charge is 0.491 e. The standard InChI is InChI=1S/C14H20O2/c1-2-12-7-3-4-9-14(12)16-11-13-8-5-6-10-15-13/h3-4,7,9,13H,2,5-6,8,10-11H2,1H3. The molecule has 1 aliphatic rings. The number of rotatable bonds is 4. The van der Waals surface area contributed by atoms with Gasteiger partial charge in [0, 0.05) is 6.61 Å². The van der Waals surface area contributed by atoms with E-state index in [9.17, 15) is 0 Å². The van der Waals surface area contributed by atoms with Crippen LogP contribution < -0.4 is 4.74 Å². The van der Waals surface area contributed by atoms with E-state index in [4.69, 9.17) is 9.47 Å². The summed E-state index contributed by atoms with van der Waals surface area (Å²) >= 11 is 0. The normalized spacial score (nSPS) is 20.7. The maximum absolute atomic E-state index is 5.84. The van der Waals surface area contributed by atoms with Crippen molar-refractivity contribution in [2.24, 2.45) is 0 Å². The third-order valence-corrected chi connectivity index (χ3v) is 3.05. The van der Waals surface area contributed by atoms with Crippen LogP contribution in [-0.4, -0.2) is 19.3 Å². The summed E-state index contributed by atoms with van der Waals surface area (Å²) in [7, 11) is 0. The van der Waals surface area contributed by atoms with Crippen molar-refractivity contribution in [3.8, 4) is 5.75 Å². The molecule has 88 valence electrons. The van der Waals surface area contributed by atoms with Gasteiger partial charge in [-0.3, -0.25) is 0 Å². The van der Waals surface area contributed by atoms with E-state index < -0.39 is 0 Å². The van der Waals surface area contributed by atoms with Crippen LogP contribution in [0, 0.1) is 0 Å². The lowest BCUT2D eigenvalue weighted by atomic mass is 10.1. The van der Waals surface area contributed by atoms with E-state index >= 15 is 0 Å². The van der Waals surface area contributed by atoms with E-state index in [2.05, 4.69) is 19.1 Å². The molecule has 0 aliphatic carbocycles. The van der Waals surface area contributed by atoms with Crippen molar-refractivity contribution in [1.29, 1.82) is 0 Å². The predicted octanol–water partition coefficient (Wildman–Crippen LogP) is 3.20. The molecular weight excluding hydrogens is 200 g/mol. The number of para-hydroxylation sites is 1. The summed E-state index contributed by atoms with van der Waals surface area (Å²) in [6, 6.07) is 8.25. The lowest BCUT2D eigenvalue weighted by Crippen LogP contribution is -2.25. The fraction of sp³-hybridized carbons (Fsp3) is 0.571. The second kappa shape index (κ2) is 5.90. The highest BCUT2D eigenvalue weighted by molar-refractivity contribution is 5.33. The van der Waals surface area contributed by atoms with Gasteiger partial charge < -0.3 is 9.47 Å². The van der Waals surface area contributed by atoms with Gasteiger partial charge in [-0.2, -0.15) is 0 Å². The van der Waals surface area contributed by atoms with Crippen LogP contribution in [0.5, 0.6) is 5.75 Å². The molecule has 1 fully saturated rings. The molecule has 0 N–H and O–H groups in total. The molecule has 0 amide bonds. The monoisotopic (exact) mass is 220 g/mol. The summed E-state index contributed by atoms with van der Waals surface area (Å²) in [5, 5.41) is 0. The molecule has 0 aromatic heterocycles. The molecule has 0 spiro atoms. The third kappa shape index (κ3) is 2.99. The lowest BCUT2D eigenvalue weighted by molar-refractivity contribution is -0.0112. The average molecular weight is 220 g/mol. The smallest absolute Gasteiger partial charge is 0.122 e. The molecule has 1 aromatic rings. The molecule has 16 heavy (non-hydrogen) atoms. The zero-order valence-electron chi connectivity index (χ0n) is 9.95. The minimum absolute atomic E-state index is 0.290. The molecule has 2 rings (SSSR count). The quantitative estimate of drug-likeness (QED) is 0.775. The minimum Gasteiger partial charge on any atom is -0.491 e. The first-order valence-electron chi connectivity index (χ1n) is 6.22. The molecule has 2 nitrogen and oxygen atoms in total. The van der Waals surface area contributed by atoms with Gasteiger partial charge in [0.2, 0.25) is 0 Å². The molecule has 0 bridgehead atoms. The van der Waals surface area contributed by atoms with Gasteiger partial charge >= 0.3 is 0 Å². The van der Waals surface area contributed by atoms with Crippen molar-refractivity contribution in [1.82, 2.24) is 0 Å². The van der Waals surface area contributed by atoms with Gasteiger partial charge in [0.1, 0.15) is 12.4 Å². The molecule has 1 heterocycles. The molecule has 2 heteroatoms. The van der Waals surface area contributed by atoms with Gasteiger partial charge in [-0.1, -0.05) is 25.1 Å². The van der Waals surface area contributed by atoms with Gasteiger partial charge in [-0.05, 0) is 37.3 Å². The summed E-state index contributed by atoms with van der Waals surface area (Å²) in [4.78, 5) is 0. The molecule has 0 saturated carbocycles. The van der Waals surface area contributed by atoms with E-state index in [1.54, 1.807) is 0 Å². The summed E-state index contributed by atoms with van der Waals surface area (Å²) in [5.74, 6) is 1.01. The van der Waals surface area contributed by atoms with Crippen molar-refractivity contribution in [2.75, 3.05) is 13.2 Å². The first-order chi connectivity index (χ1) is 7.90. The zero-order valence-corrected chi connectivity index (χ0v) is 9.95. The van der Waals surface area contributed by atoms with E-state index in [1.807, 2.05) is 12.1 Å². The molecule has 1 atom stereocenters. The third-order valence-electron chi connectivity index (χ3n) is 3.05. The number of aryl methyl sites for hydroxylation is 1. The number of benzene rings is 1. The molecule has 1 saturated heterocycles. The Bertz CT molecular complexity index is 316. The van der Waals surface area contributed by atoms with Crippen LogP contribution in [0.4, 0.5) is 0 Å². The van der Waals surface area contributed by atoms with Gasteiger partial charge in [-0.25, -0.2) is 0 Å². The van der Waals surface area contributed by atoms with Crippen LogP contribution in [0.2, 0.25) is 0 Å². The van der Waals surface area contributed by atoms with Crippen LogP contribution in [0.3, 0.4) is 0 Å². The molecule has 0 radical (unpaired) electrons. The predicted molar refractivity (Wildman–Crippen MR) is 64.9 cm³/mol. The van der Waals surface area contributed by atoms with Crippen LogP contribution in [-0.2, 0) is 11.2 Å². The Hall–Kier alpha value is -1.02. The van der Waals surface area contributed by atoms with Crippen LogP contribution >= 0.6 is 0 Å². The summed E-state index contributed by atoms with van der Waals surface area (Å²) in [6.07, 6.45) is 4.90. The second-order valence-corrected chi connectivity index (χ2v) is 4.26. The highest BCUT2D eigenvalue weighted by atomic mass is 16.5. The van der Waals surface area contributed by atoms with E-state index in [1.165, 1.54) is 18.4 Å². The summed E-state index contributed by atoms with van der Waals surface area (Å²) < 4.78 is 11.5. The van der Waals surface area contributed by atoms with Gasteiger partial charge in [0.05, 0.1) is 6.10 Å².